The Kier molecular flexibility index (Phi) is 2.81. The highest BCUT2D eigenvalue weighted by Gasteiger charge is 2.20. The topological polar surface area (TPSA) is 61.2 Å². The van der Waals surface area contributed by atoms with Crippen LogP contribution in [0.25, 0.3) is 5.69 Å². The molecule has 2 aliphatic rings. The quantitative estimate of drug-likeness (QED) is 0.893. The molecule has 1 saturated carbocycles. The Labute approximate surface area is 116 Å². The van der Waals surface area contributed by atoms with Crippen LogP contribution in [0.1, 0.15) is 18.5 Å². The van der Waals surface area contributed by atoms with Crippen molar-refractivity contribution in [2.45, 2.75) is 19.4 Å². The molecule has 1 aliphatic heterocycles. The summed E-state index contributed by atoms with van der Waals surface area (Å²) in [7, 11) is 0. The fourth-order valence-electron chi connectivity index (χ4n) is 2.26. The summed E-state index contributed by atoms with van der Waals surface area (Å²) in [6.07, 6.45) is 4.66. The van der Waals surface area contributed by atoms with Crippen LogP contribution in [0.4, 0.5) is 0 Å². The largest absolute Gasteiger partial charge is 0.454 e. The van der Waals surface area contributed by atoms with Crippen LogP contribution in [0.3, 0.4) is 0 Å². The molecule has 1 aliphatic carbocycles. The highest BCUT2D eigenvalue weighted by atomic mass is 16.7. The fourth-order valence-corrected chi connectivity index (χ4v) is 2.26. The van der Waals surface area contributed by atoms with Crippen molar-refractivity contribution >= 4 is 0 Å². The lowest BCUT2D eigenvalue weighted by atomic mass is 10.3. The summed E-state index contributed by atoms with van der Waals surface area (Å²) in [4.78, 5) is 0. The minimum Gasteiger partial charge on any atom is -0.454 e. The molecule has 0 saturated heterocycles. The Morgan fingerprint density at radius 2 is 2.15 bits per heavy atom. The number of nitrogens with zero attached hydrogens (tertiary/aromatic N) is 3. The predicted molar refractivity (Wildman–Crippen MR) is 71.9 cm³/mol. The Balaban J connectivity index is 1.46. The van der Waals surface area contributed by atoms with Gasteiger partial charge in [0.05, 0.1) is 17.6 Å². The van der Waals surface area contributed by atoms with Crippen molar-refractivity contribution in [1.82, 2.24) is 20.3 Å². The third kappa shape index (κ3) is 2.34. The van der Waals surface area contributed by atoms with E-state index in [-0.39, 0.29) is 6.79 Å². The van der Waals surface area contributed by atoms with Crippen LogP contribution >= 0.6 is 0 Å². The standard InChI is InChI=1S/C14H16N4O2/c1-2-10(1)6-15-7-11-8-18(17-16-11)12-3-4-13-14(5-12)20-9-19-13/h3-5,8,10,15H,1-2,6-7,9H2. The molecule has 6 heteroatoms. The molecule has 104 valence electrons. The van der Waals surface area contributed by atoms with Gasteiger partial charge in [0.15, 0.2) is 11.5 Å². The van der Waals surface area contributed by atoms with Crippen LogP contribution in [-0.2, 0) is 6.54 Å². The third-order valence-corrected chi connectivity index (χ3v) is 3.60. The fraction of sp³-hybridized carbons (Fsp3) is 0.429. The average molecular weight is 272 g/mol. The van der Waals surface area contributed by atoms with Crippen LogP contribution in [0.5, 0.6) is 11.5 Å². The van der Waals surface area contributed by atoms with Crippen molar-refractivity contribution < 1.29 is 9.47 Å². The zero-order valence-electron chi connectivity index (χ0n) is 11.1. The molecule has 0 amide bonds. The number of ether oxygens (including phenoxy) is 2. The summed E-state index contributed by atoms with van der Waals surface area (Å²) in [5, 5.41) is 11.7. The van der Waals surface area contributed by atoms with Gasteiger partial charge in [0.1, 0.15) is 0 Å². The first-order chi connectivity index (χ1) is 9.88. The summed E-state index contributed by atoms with van der Waals surface area (Å²) >= 11 is 0. The van der Waals surface area contributed by atoms with Crippen molar-refractivity contribution in [3.05, 3.63) is 30.1 Å². The second-order valence-corrected chi connectivity index (χ2v) is 5.27. The van der Waals surface area contributed by atoms with E-state index in [9.17, 15) is 0 Å². The first-order valence-corrected chi connectivity index (χ1v) is 6.90. The summed E-state index contributed by atoms with van der Waals surface area (Å²) in [5.74, 6) is 2.41. The van der Waals surface area contributed by atoms with Crippen LogP contribution in [0, 0.1) is 5.92 Å². The molecule has 0 unspecified atom stereocenters. The molecular weight excluding hydrogens is 256 g/mol. The van der Waals surface area contributed by atoms with Gasteiger partial charge in [-0.15, -0.1) is 5.10 Å². The van der Waals surface area contributed by atoms with E-state index in [1.807, 2.05) is 24.4 Å². The van der Waals surface area contributed by atoms with Crippen molar-refractivity contribution in [3.8, 4) is 17.2 Å². The second kappa shape index (κ2) is 4.79. The number of aromatic nitrogens is 3. The molecule has 2 heterocycles. The van der Waals surface area contributed by atoms with Crippen molar-refractivity contribution in [2.75, 3.05) is 13.3 Å². The third-order valence-electron chi connectivity index (χ3n) is 3.60. The number of fused-ring (bicyclic) bond motifs is 1. The Morgan fingerprint density at radius 1 is 1.25 bits per heavy atom. The lowest BCUT2D eigenvalue weighted by molar-refractivity contribution is 0.174. The summed E-state index contributed by atoms with van der Waals surface area (Å²) in [5.41, 5.74) is 1.87. The Bertz CT molecular complexity index is 621. The van der Waals surface area contributed by atoms with Gasteiger partial charge in [0.25, 0.3) is 0 Å². The molecule has 4 rings (SSSR count). The van der Waals surface area contributed by atoms with Crippen molar-refractivity contribution in [1.29, 1.82) is 0 Å². The molecule has 1 aromatic carbocycles. The molecule has 0 radical (unpaired) electrons. The number of rotatable bonds is 5. The molecule has 0 spiro atoms. The summed E-state index contributed by atoms with van der Waals surface area (Å²) in [6.45, 7) is 2.13. The van der Waals surface area contributed by atoms with Gasteiger partial charge in [0, 0.05) is 12.6 Å². The van der Waals surface area contributed by atoms with Gasteiger partial charge in [-0.3, -0.25) is 0 Å². The van der Waals surface area contributed by atoms with E-state index in [4.69, 9.17) is 9.47 Å². The lowest BCUT2D eigenvalue weighted by Gasteiger charge is -2.01. The normalized spacial score (nSPS) is 16.6. The number of nitrogens with one attached hydrogen (secondary N) is 1. The highest BCUT2D eigenvalue weighted by Crippen LogP contribution is 2.33. The van der Waals surface area contributed by atoms with E-state index in [1.54, 1.807) is 4.68 Å². The van der Waals surface area contributed by atoms with Crippen molar-refractivity contribution in [2.24, 2.45) is 5.92 Å². The minimum absolute atomic E-state index is 0.284. The number of hydrogen-bond acceptors (Lipinski definition) is 5. The average Bonchev–Trinajstić information content (AvgIpc) is 2.99. The van der Waals surface area contributed by atoms with E-state index >= 15 is 0 Å². The minimum atomic E-state index is 0.284. The van der Waals surface area contributed by atoms with Crippen LogP contribution < -0.4 is 14.8 Å². The van der Waals surface area contributed by atoms with Gasteiger partial charge in [-0.25, -0.2) is 4.68 Å². The Morgan fingerprint density at radius 3 is 3.05 bits per heavy atom. The highest BCUT2D eigenvalue weighted by molar-refractivity contribution is 5.49. The molecule has 20 heavy (non-hydrogen) atoms. The molecule has 1 aromatic heterocycles. The van der Waals surface area contributed by atoms with Gasteiger partial charge in [-0.1, -0.05) is 5.21 Å². The predicted octanol–water partition coefficient (Wildman–Crippen LogP) is 1.50. The van der Waals surface area contributed by atoms with Gasteiger partial charge in [-0.05, 0) is 37.4 Å². The second-order valence-electron chi connectivity index (χ2n) is 5.27. The zero-order chi connectivity index (χ0) is 13.4. The number of benzene rings is 1. The van der Waals surface area contributed by atoms with E-state index in [1.165, 1.54) is 12.8 Å². The Hall–Kier alpha value is -2.08. The maximum atomic E-state index is 5.37. The van der Waals surface area contributed by atoms with Gasteiger partial charge >= 0.3 is 0 Å². The molecule has 0 bridgehead atoms. The maximum absolute atomic E-state index is 5.37. The molecule has 1 fully saturated rings. The van der Waals surface area contributed by atoms with Crippen LogP contribution in [0.15, 0.2) is 24.4 Å². The summed E-state index contributed by atoms with van der Waals surface area (Å²) < 4.78 is 12.4. The van der Waals surface area contributed by atoms with E-state index in [2.05, 4.69) is 15.6 Å². The van der Waals surface area contributed by atoms with E-state index < -0.39 is 0 Å². The molecule has 0 atom stereocenters. The SMILES string of the molecule is c1cc2c(cc1-n1cc(CNCC3CC3)nn1)OCO2. The first kappa shape index (κ1) is 11.7. The van der Waals surface area contributed by atoms with Gasteiger partial charge in [-0.2, -0.15) is 0 Å². The first-order valence-electron chi connectivity index (χ1n) is 6.90. The van der Waals surface area contributed by atoms with Gasteiger partial charge in [0.2, 0.25) is 6.79 Å². The smallest absolute Gasteiger partial charge is 0.231 e. The van der Waals surface area contributed by atoms with Crippen LogP contribution in [-0.4, -0.2) is 28.3 Å². The maximum Gasteiger partial charge on any atom is 0.231 e. The monoisotopic (exact) mass is 272 g/mol. The van der Waals surface area contributed by atoms with E-state index in [0.717, 1.165) is 41.9 Å². The summed E-state index contributed by atoms with van der Waals surface area (Å²) in [6, 6.07) is 5.76. The van der Waals surface area contributed by atoms with E-state index in [0.29, 0.717) is 0 Å². The van der Waals surface area contributed by atoms with Crippen LogP contribution in [0.2, 0.25) is 0 Å². The molecular formula is C14H16N4O2. The molecule has 6 nitrogen and oxygen atoms in total. The molecule has 2 aromatic rings. The number of hydrogen-bond donors (Lipinski definition) is 1. The van der Waals surface area contributed by atoms with Crippen molar-refractivity contribution in [3.63, 3.8) is 0 Å². The van der Waals surface area contributed by atoms with Gasteiger partial charge < -0.3 is 14.8 Å². The molecule has 1 N–H and O–H groups in total. The lowest BCUT2D eigenvalue weighted by Crippen LogP contribution is -2.16. The zero-order valence-corrected chi connectivity index (χ0v) is 11.1.